The Bertz CT molecular complexity index is 145. The van der Waals surface area contributed by atoms with E-state index in [4.69, 9.17) is 21.2 Å². The molecule has 8 heteroatoms. The van der Waals surface area contributed by atoms with Crippen LogP contribution in [0.5, 0.6) is 0 Å². The fourth-order valence-electron chi connectivity index (χ4n) is 0.380. The SMILES string of the molecule is CN1[C+]=CN(N)N1.O=[N+]([O-])[O-]. The summed E-state index contributed by atoms with van der Waals surface area (Å²) in [6.45, 7) is 0. The highest BCUT2D eigenvalue weighted by molar-refractivity contribution is 4.71. The van der Waals surface area contributed by atoms with Gasteiger partial charge in [-0.2, -0.15) is 5.12 Å². The number of hydrogen-bond donors (Lipinski definition) is 2. The quantitative estimate of drug-likeness (QED) is 0.194. The molecule has 0 unspecified atom stereocenters. The van der Waals surface area contributed by atoms with E-state index in [9.17, 15) is 0 Å². The van der Waals surface area contributed by atoms with Crippen LogP contribution in [0, 0.1) is 21.5 Å². The van der Waals surface area contributed by atoms with Gasteiger partial charge in [0.25, 0.3) is 0 Å². The van der Waals surface area contributed by atoms with Crippen LogP contribution in [0.1, 0.15) is 0 Å². The van der Waals surface area contributed by atoms with Gasteiger partial charge < -0.3 is 15.3 Å². The number of rotatable bonds is 0. The van der Waals surface area contributed by atoms with Crippen molar-refractivity contribution < 1.29 is 5.09 Å². The van der Waals surface area contributed by atoms with Gasteiger partial charge in [0.05, 0.1) is 12.1 Å². The van der Waals surface area contributed by atoms with Gasteiger partial charge in [0.1, 0.15) is 0 Å². The Balaban J connectivity index is 0.000000218. The summed E-state index contributed by atoms with van der Waals surface area (Å²) in [5, 5.41) is 17.7. The summed E-state index contributed by atoms with van der Waals surface area (Å²) < 4.78 is 0. The molecule has 1 rings (SSSR count). The Morgan fingerprint density at radius 1 is 1.73 bits per heavy atom. The Morgan fingerprint density at radius 2 is 2.18 bits per heavy atom. The van der Waals surface area contributed by atoms with Crippen LogP contribution in [0.2, 0.25) is 0 Å². The molecular weight excluding hydrogens is 154 g/mol. The van der Waals surface area contributed by atoms with Crippen LogP contribution in [0.15, 0.2) is 6.20 Å². The van der Waals surface area contributed by atoms with Gasteiger partial charge in [-0.25, -0.2) is 5.84 Å². The lowest BCUT2D eigenvalue weighted by Gasteiger charge is -2.02. The summed E-state index contributed by atoms with van der Waals surface area (Å²) >= 11 is 0. The lowest BCUT2D eigenvalue weighted by Crippen LogP contribution is -2.41. The monoisotopic (exact) mass is 161 g/mol. The molecule has 1 heterocycles. The third kappa shape index (κ3) is 6.25. The van der Waals surface area contributed by atoms with Gasteiger partial charge in [-0.05, 0) is 0 Å². The number of nitrogens with two attached hydrogens (primary N) is 1. The number of nitrogens with one attached hydrogen (secondary N) is 1. The minimum absolute atomic E-state index is 1.32. The zero-order chi connectivity index (χ0) is 8.85. The van der Waals surface area contributed by atoms with Gasteiger partial charge >= 0.3 is 12.4 Å². The van der Waals surface area contributed by atoms with Crippen LogP contribution in [-0.4, -0.2) is 22.3 Å². The molecule has 0 aromatic heterocycles. The molecule has 0 bridgehead atoms. The van der Waals surface area contributed by atoms with Crippen molar-refractivity contribution in [3.8, 4) is 0 Å². The van der Waals surface area contributed by atoms with E-state index in [0.717, 1.165) is 0 Å². The first-order chi connectivity index (χ1) is 5.02. The van der Waals surface area contributed by atoms with Gasteiger partial charge in [0, 0.05) is 0 Å². The molecule has 3 N–H and O–H groups in total. The Labute approximate surface area is 62.5 Å². The molecular formula is C3H7N5O3. The fraction of sp³-hybridized carbons (Fsp3) is 0.333. The standard InChI is InChI=1S/C3H7N4.NO3/c1-6-2-3-7(4)5-6;2-1(3)4/h3,5H,4H2,1H3;/q+1;-1. The molecule has 0 fully saturated rings. The highest BCUT2D eigenvalue weighted by Crippen LogP contribution is 1.86. The fourth-order valence-corrected chi connectivity index (χ4v) is 0.380. The van der Waals surface area contributed by atoms with Crippen LogP contribution in [0.3, 0.4) is 0 Å². The second kappa shape index (κ2) is 4.23. The molecule has 62 valence electrons. The summed E-state index contributed by atoms with van der Waals surface area (Å²) in [4.78, 5) is 8.25. The third-order valence-electron chi connectivity index (χ3n) is 0.656. The van der Waals surface area contributed by atoms with Crippen LogP contribution in [0.25, 0.3) is 0 Å². The molecule has 0 saturated heterocycles. The lowest BCUT2D eigenvalue weighted by molar-refractivity contribution is -0.402. The van der Waals surface area contributed by atoms with Crippen molar-refractivity contribution in [1.82, 2.24) is 15.7 Å². The van der Waals surface area contributed by atoms with Crippen LogP contribution in [-0.2, 0) is 0 Å². The average molecular weight is 161 g/mol. The molecule has 1 aliphatic heterocycles. The predicted octanol–water partition coefficient (Wildman–Crippen LogP) is -1.44. The predicted molar refractivity (Wildman–Crippen MR) is 35.1 cm³/mol. The van der Waals surface area contributed by atoms with E-state index in [1.807, 2.05) is 7.05 Å². The van der Waals surface area contributed by atoms with Gasteiger partial charge in [0.2, 0.25) is 0 Å². The maximum Gasteiger partial charge on any atom is 0.410 e. The van der Waals surface area contributed by atoms with Crippen LogP contribution in [0.4, 0.5) is 0 Å². The summed E-state index contributed by atoms with van der Waals surface area (Å²) in [6.07, 6.45) is 4.36. The van der Waals surface area contributed by atoms with Gasteiger partial charge in [-0.3, -0.25) is 0 Å². The van der Waals surface area contributed by atoms with Crippen LogP contribution >= 0.6 is 0 Å². The average Bonchev–Trinajstić information content (AvgIpc) is 2.13. The molecule has 11 heavy (non-hydrogen) atoms. The first-order valence-corrected chi connectivity index (χ1v) is 2.47. The molecule has 0 aromatic rings. The molecule has 0 atom stereocenters. The smallest absolute Gasteiger partial charge is 0.356 e. The summed E-state index contributed by atoms with van der Waals surface area (Å²) in [7, 11) is 1.81. The maximum absolute atomic E-state index is 8.25. The van der Waals surface area contributed by atoms with Crippen LogP contribution < -0.4 is 11.4 Å². The van der Waals surface area contributed by atoms with Crippen molar-refractivity contribution in [2.24, 2.45) is 5.84 Å². The van der Waals surface area contributed by atoms with E-state index in [2.05, 4.69) is 11.7 Å². The summed E-state index contributed by atoms with van der Waals surface area (Å²) in [5.41, 5.74) is 2.69. The zero-order valence-electron chi connectivity index (χ0n) is 5.72. The van der Waals surface area contributed by atoms with Crippen molar-refractivity contribution in [3.05, 3.63) is 27.7 Å². The zero-order valence-corrected chi connectivity index (χ0v) is 5.72. The molecule has 0 amide bonds. The van der Waals surface area contributed by atoms with E-state index in [-0.39, 0.29) is 0 Å². The van der Waals surface area contributed by atoms with E-state index in [1.165, 1.54) is 5.12 Å². The lowest BCUT2D eigenvalue weighted by atomic mass is 10.9. The van der Waals surface area contributed by atoms with Gasteiger partial charge in [0.15, 0.2) is 0 Å². The molecule has 0 spiro atoms. The molecule has 8 nitrogen and oxygen atoms in total. The second-order valence-corrected chi connectivity index (χ2v) is 1.55. The topological polar surface area (TPSA) is 111 Å². The highest BCUT2D eigenvalue weighted by atomic mass is 16.9. The van der Waals surface area contributed by atoms with Crippen molar-refractivity contribution >= 4 is 0 Å². The minimum Gasteiger partial charge on any atom is -0.356 e. The summed E-state index contributed by atoms with van der Waals surface area (Å²) in [5.74, 6) is 5.19. The van der Waals surface area contributed by atoms with Gasteiger partial charge in [-0.1, -0.05) is 10.5 Å². The third-order valence-corrected chi connectivity index (χ3v) is 0.656. The highest BCUT2D eigenvalue weighted by Gasteiger charge is 2.15. The van der Waals surface area contributed by atoms with Crippen molar-refractivity contribution in [1.29, 1.82) is 0 Å². The number of hydrogen-bond acceptors (Lipinski definition) is 7. The first-order valence-electron chi connectivity index (χ1n) is 2.47. The molecule has 1 aliphatic rings. The van der Waals surface area contributed by atoms with Gasteiger partial charge in [-0.15, -0.1) is 0 Å². The first kappa shape index (κ1) is 9.37. The van der Waals surface area contributed by atoms with E-state index < -0.39 is 5.09 Å². The van der Waals surface area contributed by atoms with E-state index in [0.29, 0.717) is 0 Å². The molecule has 0 saturated carbocycles. The summed E-state index contributed by atoms with van der Waals surface area (Å²) in [6, 6.07) is 0. The molecule has 0 radical (unpaired) electrons. The Kier molecular flexibility index (Phi) is 3.60. The molecule has 0 aromatic carbocycles. The normalized spacial score (nSPS) is 13.6. The number of hydrazine groups is 3. The second-order valence-electron chi connectivity index (χ2n) is 1.55. The van der Waals surface area contributed by atoms with E-state index >= 15 is 0 Å². The minimum atomic E-state index is -1.75. The van der Waals surface area contributed by atoms with E-state index in [1.54, 1.807) is 11.2 Å². The molecule has 0 aliphatic carbocycles. The Morgan fingerprint density at radius 3 is 2.27 bits per heavy atom. The van der Waals surface area contributed by atoms with Crippen molar-refractivity contribution in [2.45, 2.75) is 0 Å². The largest absolute Gasteiger partial charge is 0.410 e. The van der Waals surface area contributed by atoms with Crippen molar-refractivity contribution in [2.75, 3.05) is 7.05 Å². The van der Waals surface area contributed by atoms with Crippen molar-refractivity contribution in [3.63, 3.8) is 0 Å². The Hall–Kier alpha value is -1.63. The number of nitrogens with zero attached hydrogens (tertiary/aromatic N) is 3. The maximum atomic E-state index is 8.25.